The van der Waals surface area contributed by atoms with Gasteiger partial charge in [0.15, 0.2) is 11.5 Å². The number of fused-ring (bicyclic) bond motifs is 1. The van der Waals surface area contributed by atoms with Crippen molar-refractivity contribution >= 4 is 5.78 Å². The molecule has 0 spiro atoms. The summed E-state index contributed by atoms with van der Waals surface area (Å²) in [5.41, 5.74) is 3.56. The average Bonchev–Trinajstić information content (AvgIpc) is 3.17. The van der Waals surface area contributed by atoms with Gasteiger partial charge in [0.05, 0.1) is 0 Å². The highest BCUT2D eigenvalue weighted by atomic mass is 19.1. The molecule has 0 aliphatic carbocycles. The van der Waals surface area contributed by atoms with Gasteiger partial charge >= 0.3 is 0 Å². The molecule has 0 saturated carbocycles. The molecule has 142 valence electrons. The Hall–Kier alpha value is -3.14. The third-order valence-electron chi connectivity index (χ3n) is 4.90. The molecule has 3 aromatic carbocycles. The van der Waals surface area contributed by atoms with Gasteiger partial charge < -0.3 is 9.47 Å². The van der Waals surface area contributed by atoms with Gasteiger partial charge in [0.2, 0.25) is 6.79 Å². The number of hydrogen-bond acceptors (Lipinski definition) is 3. The molecule has 4 heteroatoms. The highest BCUT2D eigenvalue weighted by Crippen LogP contribution is 2.32. The molecular formula is C24H21FO3. The zero-order chi connectivity index (χ0) is 19.3. The van der Waals surface area contributed by atoms with Gasteiger partial charge in [-0.3, -0.25) is 4.79 Å². The maximum atomic E-state index is 13.9. The molecule has 0 bridgehead atoms. The Morgan fingerprint density at radius 2 is 1.64 bits per heavy atom. The van der Waals surface area contributed by atoms with Gasteiger partial charge in [-0.05, 0) is 47.7 Å². The maximum Gasteiger partial charge on any atom is 0.231 e. The minimum atomic E-state index is -0.218. The van der Waals surface area contributed by atoms with Gasteiger partial charge in [-0.25, -0.2) is 4.39 Å². The third-order valence-corrected chi connectivity index (χ3v) is 4.90. The summed E-state index contributed by atoms with van der Waals surface area (Å²) in [5.74, 6) is 1.43. The second-order valence-electron chi connectivity index (χ2n) is 6.93. The fraction of sp³-hybridized carbons (Fsp3) is 0.208. The van der Waals surface area contributed by atoms with Crippen LogP contribution >= 0.6 is 0 Å². The molecule has 0 aromatic heterocycles. The highest BCUT2D eigenvalue weighted by molar-refractivity contribution is 5.81. The van der Waals surface area contributed by atoms with Gasteiger partial charge in [0.25, 0.3) is 0 Å². The minimum Gasteiger partial charge on any atom is -0.454 e. The zero-order valence-electron chi connectivity index (χ0n) is 15.5. The van der Waals surface area contributed by atoms with Crippen LogP contribution in [0.3, 0.4) is 0 Å². The Bertz CT molecular complexity index is 979. The van der Waals surface area contributed by atoms with Gasteiger partial charge in [0.1, 0.15) is 11.6 Å². The van der Waals surface area contributed by atoms with E-state index in [1.807, 2.05) is 48.5 Å². The van der Waals surface area contributed by atoms with Crippen LogP contribution in [0, 0.1) is 5.82 Å². The summed E-state index contributed by atoms with van der Waals surface area (Å²) in [6.45, 7) is 0.239. The summed E-state index contributed by atoms with van der Waals surface area (Å²) in [5, 5.41) is 0. The van der Waals surface area contributed by atoms with Crippen LogP contribution in [-0.4, -0.2) is 12.6 Å². The molecule has 28 heavy (non-hydrogen) atoms. The van der Waals surface area contributed by atoms with Crippen LogP contribution < -0.4 is 9.47 Å². The molecule has 1 aliphatic rings. The van der Waals surface area contributed by atoms with Crippen molar-refractivity contribution in [2.75, 3.05) is 6.79 Å². The number of carbonyl (C=O) groups excluding carboxylic acids is 1. The van der Waals surface area contributed by atoms with Crippen molar-refractivity contribution in [2.24, 2.45) is 0 Å². The van der Waals surface area contributed by atoms with Gasteiger partial charge in [0, 0.05) is 18.4 Å². The lowest BCUT2D eigenvalue weighted by Gasteiger charge is -2.06. The Morgan fingerprint density at radius 1 is 0.893 bits per heavy atom. The number of ether oxygens (including phenoxy) is 2. The average molecular weight is 376 g/mol. The van der Waals surface area contributed by atoms with Crippen molar-refractivity contribution < 1.29 is 18.7 Å². The van der Waals surface area contributed by atoms with Crippen LogP contribution in [-0.2, 0) is 17.6 Å². The lowest BCUT2D eigenvalue weighted by Crippen LogP contribution is -2.03. The molecule has 0 unspecified atom stereocenters. The van der Waals surface area contributed by atoms with Crippen molar-refractivity contribution in [3.8, 4) is 22.6 Å². The van der Waals surface area contributed by atoms with Crippen molar-refractivity contribution in [1.29, 1.82) is 0 Å². The molecule has 3 aromatic rings. The number of aryl methyl sites for hydroxylation is 1. The van der Waals surface area contributed by atoms with E-state index in [-0.39, 0.29) is 18.4 Å². The number of Topliss-reactive ketones (excluding diaryl/α,β-unsaturated/α-hetero) is 1. The fourth-order valence-electron chi connectivity index (χ4n) is 3.40. The first-order valence-corrected chi connectivity index (χ1v) is 9.43. The Balaban J connectivity index is 1.28. The van der Waals surface area contributed by atoms with Crippen molar-refractivity contribution in [2.45, 2.75) is 25.7 Å². The fourth-order valence-corrected chi connectivity index (χ4v) is 3.40. The van der Waals surface area contributed by atoms with Gasteiger partial charge in [-0.2, -0.15) is 0 Å². The predicted octanol–water partition coefficient (Wildman–Crippen LogP) is 5.36. The monoisotopic (exact) mass is 376 g/mol. The van der Waals surface area contributed by atoms with Crippen molar-refractivity contribution in [1.82, 2.24) is 0 Å². The number of halogens is 1. The van der Waals surface area contributed by atoms with E-state index in [1.165, 1.54) is 6.07 Å². The maximum absolute atomic E-state index is 13.9. The molecule has 1 aliphatic heterocycles. The van der Waals surface area contributed by atoms with Crippen LogP contribution in [0.15, 0.2) is 66.7 Å². The molecule has 0 atom stereocenters. The summed E-state index contributed by atoms with van der Waals surface area (Å²) in [6.07, 6.45) is 2.55. The lowest BCUT2D eigenvalue weighted by atomic mass is 9.99. The summed E-state index contributed by atoms with van der Waals surface area (Å²) >= 11 is 0. The van der Waals surface area contributed by atoms with E-state index in [0.29, 0.717) is 24.2 Å². The SMILES string of the molecule is O=C(CCCc1ccc(-c2ccccc2F)cc1)Cc1ccc2c(c1)OCO2. The van der Waals surface area contributed by atoms with Crippen molar-refractivity contribution in [3.63, 3.8) is 0 Å². The third kappa shape index (κ3) is 4.22. The molecule has 0 N–H and O–H groups in total. The smallest absolute Gasteiger partial charge is 0.231 e. The quantitative estimate of drug-likeness (QED) is 0.557. The number of benzene rings is 3. The topological polar surface area (TPSA) is 35.5 Å². The Labute approximate surface area is 163 Å². The lowest BCUT2D eigenvalue weighted by molar-refractivity contribution is -0.118. The molecule has 1 heterocycles. The van der Waals surface area contributed by atoms with E-state index in [2.05, 4.69) is 0 Å². The van der Waals surface area contributed by atoms with Crippen LogP contribution in [0.2, 0.25) is 0 Å². The number of ketones is 1. The zero-order valence-corrected chi connectivity index (χ0v) is 15.5. The van der Waals surface area contributed by atoms with Crippen LogP contribution in [0.4, 0.5) is 4.39 Å². The largest absolute Gasteiger partial charge is 0.454 e. The highest BCUT2D eigenvalue weighted by Gasteiger charge is 2.14. The van der Waals surface area contributed by atoms with Crippen LogP contribution in [0.5, 0.6) is 11.5 Å². The minimum absolute atomic E-state index is 0.210. The molecule has 0 amide bonds. The molecule has 0 saturated heterocycles. The number of hydrogen-bond donors (Lipinski definition) is 0. The number of carbonyl (C=O) groups is 1. The Morgan fingerprint density at radius 3 is 2.46 bits per heavy atom. The first kappa shape index (κ1) is 18.2. The summed E-state index contributed by atoms with van der Waals surface area (Å²) in [6, 6.07) is 20.3. The standard InChI is InChI=1S/C24H21FO3/c25-22-7-2-1-6-21(22)19-11-8-17(9-12-19)4-3-5-20(26)14-18-10-13-23-24(15-18)28-16-27-23/h1-2,6-13,15H,3-5,14,16H2. The van der Waals surface area contributed by atoms with E-state index in [4.69, 9.17) is 9.47 Å². The van der Waals surface area contributed by atoms with E-state index in [1.54, 1.807) is 12.1 Å². The molecule has 0 fully saturated rings. The first-order chi connectivity index (χ1) is 13.7. The van der Waals surface area contributed by atoms with Gasteiger partial charge in [-0.15, -0.1) is 0 Å². The van der Waals surface area contributed by atoms with E-state index in [0.717, 1.165) is 35.3 Å². The Kier molecular flexibility index (Phi) is 5.38. The number of rotatable bonds is 7. The molecule has 0 radical (unpaired) electrons. The second kappa shape index (κ2) is 8.26. The second-order valence-corrected chi connectivity index (χ2v) is 6.93. The first-order valence-electron chi connectivity index (χ1n) is 9.43. The predicted molar refractivity (Wildman–Crippen MR) is 106 cm³/mol. The summed E-state index contributed by atoms with van der Waals surface area (Å²) < 4.78 is 24.5. The van der Waals surface area contributed by atoms with Gasteiger partial charge in [-0.1, -0.05) is 48.5 Å². The van der Waals surface area contributed by atoms with Crippen LogP contribution in [0.25, 0.3) is 11.1 Å². The van der Waals surface area contributed by atoms with E-state index >= 15 is 0 Å². The molecular weight excluding hydrogens is 355 g/mol. The normalized spacial score (nSPS) is 12.2. The summed E-state index contributed by atoms with van der Waals surface area (Å²) in [7, 11) is 0. The summed E-state index contributed by atoms with van der Waals surface area (Å²) in [4.78, 5) is 12.3. The van der Waals surface area contributed by atoms with E-state index in [9.17, 15) is 9.18 Å². The molecule has 4 rings (SSSR count). The van der Waals surface area contributed by atoms with Crippen molar-refractivity contribution in [3.05, 3.63) is 83.7 Å². The van der Waals surface area contributed by atoms with Crippen LogP contribution in [0.1, 0.15) is 24.0 Å². The molecule has 3 nitrogen and oxygen atoms in total. The van der Waals surface area contributed by atoms with E-state index < -0.39 is 0 Å².